The number of aromatic nitrogens is 4. The Morgan fingerprint density at radius 3 is 2.76 bits per heavy atom. The summed E-state index contributed by atoms with van der Waals surface area (Å²) in [5.74, 6) is -4.78. The van der Waals surface area contributed by atoms with Gasteiger partial charge in [0.25, 0.3) is 11.8 Å². The lowest BCUT2D eigenvalue weighted by Gasteiger charge is -2.39. The number of likely N-dealkylation sites (tertiary alicyclic amines) is 1. The van der Waals surface area contributed by atoms with E-state index in [1.807, 2.05) is 36.7 Å². The maximum Gasteiger partial charge on any atom is 0.272 e. The molecule has 0 saturated carbocycles. The number of aliphatic hydroxyl groups excluding tert-OH is 1. The van der Waals surface area contributed by atoms with Gasteiger partial charge in [0.2, 0.25) is 11.7 Å². The van der Waals surface area contributed by atoms with Gasteiger partial charge in [0, 0.05) is 29.1 Å². The number of rotatable bonds is 7. The summed E-state index contributed by atoms with van der Waals surface area (Å²) in [5, 5.41) is 22.4. The molecule has 1 aliphatic rings. The molecule has 2 unspecified atom stereocenters. The summed E-state index contributed by atoms with van der Waals surface area (Å²) in [5.41, 5.74) is 1.97. The van der Waals surface area contributed by atoms with Gasteiger partial charge in [-0.05, 0) is 38.5 Å². The lowest BCUT2D eigenvalue weighted by Crippen LogP contribution is -2.54. The van der Waals surface area contributed by atoms with E-state index in [1.54, 1.807) is 36.5 Å². The highest BCUT2D eigenvalue weighted by Crippen LogP contribution is 2.40. The number of hydrogen-bond donors (Lipinski definition) is 2. The van der Waals surface area contributed by atoms with Crippen LogP contribution in [0.15, 0.2) is 59.3 Å². The summed E-state index contributed by atoms with van der Waals surface area (Å²) in [7, 11) is 0. The van der Waals surface area contributed by atoms with Crippen molar-refractivity contribution in [3.8, 4) is 11.4 Å². The fraction of sp³-hybridized carbons (Fsp3) is 0.385. The molecule has 2 aromatic heterocycles. The number of aliphatic hydroxyl groups is 1. The summed E-state index contributed by atoms with van der Waals surface area (Å²) < 4.78 is 37.5. The molecular weight excluding hydrogens is 482 g/mol. The minimum atomic E-state index is -3.22. The highest BCUT2D eigenvalue weighted by Gasteiger charge is 2.49. The van der Waals surface area contributed by atoms with Crippen LogP contribution in [0.4, 0.5) is 8.78 Å². The lowest BCUT2D eigenvalue weighted by atomic mass is 9.92. The van der Waals surface area contributed by atoms with Crippen LogP contribution in [0.5, 0.6) is 0 Å². The summed E-state index contributed by atoms with van der Waals surface area (Å²) in [6.45, 7) is 3.36. The third kappa shape index (κ3) is 5.09. The number of alkyl halides is 2. The maximum absolute atomic E-state index is 15.2. The molecule has 2 atom stereocenters. The van der Waals surface area contributed by atoms with Gasteiger partial charge in [-0.1, -0.05) is 35.5 Å². The summed E-state index contributed by atoms with van der Waals surface area (Å²) in [4.78, 5) is 17.8. The molecule has 5 rings (SSSR count). The average Bonchev–Trinajstić information content (AvgIpc) is 3.54. The zero-order valence-electron chi connectivity index (χ0n) is 20.5. The van der Waals surface area contributed by atoms with E-state index < -0.39 is 24.6 Å². The second-order valence-electron chi connectivity index (χ2n) is 9.54. The number of piperidine rings is 1. The Morgan fingerprint density at radius 2 is 2.03 bits per heavy atom. The van der Waals surface area contributed by atoms with E-state index >= 15 is 8.78 Å². The molecule has 0 aliphatic carbocycles. The first-order chi connectivity index (χ1) is 17.7. The van der Waals surface area contributed by atoms with E-state index in [0.717, 1.165) is 10.9 Å². The summed E-state index contributed by atoms with van der Waals surface area (Å²) in [6, 6.07) is 14.2. The molecule has 0 bridgehead atoms. The van der Waals surface area contributed by atoms with Crippen LogP contribution in [-0.4, -0.2) is 67.6 Å². The van der Waals surface area contributed by atoms with Crippen molar-refractivity contribution in [1.82, 2.24) is 30.1 Å². The van der Waals surface area contributed by atoms with Crippen molar-refractivity contribution >= 4 is 16.8 Å². The number of carbonyl (C=O) groups is 1. The molecule has 1 amide bonds. The van der Waals surface area contributed by atoms with Gasteiger partial charge in [0.05, 0.1) is 24.8 Å². The van der Waals surface area contributed by atoms with Crippen molar-refractivity contribution in [2.45, 2.75) is 44.4 Å². The monoisotopic (exact) mass is 510 g/mol. The Bertz CT molecular complexity index is 1390. The molecule has 1 fully saturated rings. The number of nitrogens with one attached hydrogen (secondary N) is 1. The van der Waals surface area contributed by atoms with Crippen molar-refractivity contribution in [1.29, 1.82) is 0 Å². The van der Waals surface area contributed by atoms with Crippen molar-refractivity contribution < 1.29 is 23.2 Å². The Kier molecular flexibility index (Phi) is 6.74. The van der Waals surface area contributed by atoms with E-state index in [-0.39, 0.29) is 43.2 Å². The van der Waals surface area contributed by atoms with Gasteiger partial charge < -0.3 is 14.9 Å². The zero-order valence-corrected chi connectivity index (χ0v) is 20.5. The number of hydrogen-bond acceptors (Lipinski definition) is 7. The van der Waals surface area contributed by atoms with E-state index in [9.17, 15) is 9.90 Å². The summed E-state index contributed by atoms with van der Waals surface area (Å²) in [6.07, 6.45) is 0.531. The first kappa shape index (κ1) is 25.0. The van der Waals surface area contributed by atoms with Gasteiger partial charge in [-0.15, -0.1) is 0 Å². The van der Waals surface area contributed by atoms with Gasteiger partial charge in [0.1, 0.15) is 12.1 Å². The first-order valence-electron chi connectivity index (χ1n) is 12.2. The number of benzene rings is 2. The van der Waals surface area contributed by atoms with E-state index in [0.29, 0.717) is 11.1 Å². The van der Waals surface area contributed by atoms with Crippen LogP contribution in [0.25, 0.3) is 22.3 Å². The third-order valence-corrected chi connectivity index (χ3v) is 6.62. The Hall–Kier alpha value is -3.70. The Labute approximate surface area is 212 Å². The number of amides is 1. The molecule has 1 aliphatic heterocycles. The number of fused-ring (bicyclic) bond motifs is 1. The van der Waals surface area contributed by atoms with E-state index in [1.165, 1.54) is 4.90 Å². The molecule has 0 radical (unpaired) electrons. The van der Waals surface area contributed by atoms with Crippen molar-refractivity contribution in [3.05, 3.63) is 66.2 Å². The van der Waals surface area contributed by atoms with Crippen LogP contribution in [0.1, 0.15) is 48.5 Å². The number of nitrogens with zero attached hydrogens (tertiary/aromatic N) is 5. The standard InChI is InChI=1S/C26H28F2N6O3/c1-16(2)34-21-12-18(8-9-19(21)13-30-34)23-31-25(37-32-23)20-10-11-33(15-26(20,27)28)22(35)14-29-24(36)17-6-4-3-5-7-17/h3-9,12-13,16,20,22,35H,10-11,14-15H2,1-2H3,(H,29,36). The molecule has 2 N–H and O–H groups in total. The highest BCUT2D eigenvalue weighted by atomic mass is 19.3. The predicted molar refractivity (Wildman–Crippen MR) is 132 cm³/mol. The molecule has 3 heterocycles. The topological polar surface area (TPSA) is 109 Å². The quantitative estimate of drug-likeness (QED) is 0.389. The van der Waals surface area contributed by atoms with Crippen molar-refractivity contribution in [3.63, 3.8) is 0 Å². The molecule has 0 spiro atoms. The molecule has 37 heavy (non-hydrogen) atoms. The second-order valence-corrected chi connectivity index (χ2v) is 9.54. The van der Waals surface area contributed by atoms with Crippen LogP contribution < -0.4 is 5.32 Å². The Balaban J connectivity index is 1.25. The second kappa shape index (κ2) is 9.98. The fourth-order valence-electron chi connectivity index (χ4n) is 4.61. The van der Waals surface area contributed by atoms with Crippen molar-refractivity contribution in [2.75, 3.05) is 19.6 Å². The van der Waals surface area contributed by atoms with Crippen molar-refractivity contribution in [2.24, 2.45) is 0 Å². The SMILES string of the molecule is CC(C)n1ncc2ccc(-c3noc(C4CCN(C(O)CNC(=O)c5ccccc5)CC4(F)F)n3)cc21. The van der Waals surface area contributed by atoms with Crippen LogP contribution in [-0.2, 0) is 0 Å². The zero-order chi connectivity index (χ0) is 26.2. The minimum absolute atomic E-state index is 0.0114. The molecule has 2 aromatic carbocycles. The average molecular weight is 511 g/mol. The smallest absolute Gasteiger partial charge is 0.272 e. The van der Waals surface area contributed by atoms with Gasteiger partial charge in [-0.25, -0.2) is 8.78 Å². The first-order valence-corrected chi connectivity index (χ1v) is 12.2. The number of carbonyl (C=O) groups excluding carboxylic acids is 1. The lowest BCUT2D eigenvalue weighted by molar-refractivity contribution is -0.129. The Morgan fingerprint density at radius 1 is 1.24 bits per heavy atom. The minimum Gasteiger partial charge on any atom is -0.376 e. The highest BCUT2D eigenvalue weighted by molar-refractivity contribution is 5.94. The molecule has 9 nitrogen and oxygen atoms in total. The molecule has 11 heteroatoms. The van der Waals surface area contributed by atoms with Gasteiger partial charge in [0.15, 0.2) is 0 Å². The van der Waals surface area contributed by atoms with E-state index in [2.05, 4.69) is 20.6 Å². The molecule has 1 saturated heterocycles. The normalized spacial score (nSPS) is 18.8. The maximum atomic E-state index is 15.2. The molecular formula is C26H28F2N6O3. The van der Waals surface area contributed by atoms with Crippen LogP contribution >= 0.6 is 0 Å². The van der Waals surface area contributed by atoms with Crippen LogP contribution in [0.2, 0.25) is 0 Å². The summed E-state index contributed by atoms with van der Waals surface area (Å²) >= 11 is 0. The van der Waals surface area contributed by atoms with Gasteiger partial charge >= 0.3 is 0 Å². The van der Waals surface area contributed by atoms with Gasteiger partial charge in [-0.3, -0.25) is 14.4 Å². The van der Waals surface area contributed by atoms with Crippen LogP contribution in [0.3, 0.4) is 0 Å². The molecule has 194 valence electrons. The van der Waals surface area contributed by atoms with Crippen LogP contribution in [0, 0.1) is 0 Å². The third-order valence-electron chi connectivity index (χ3n) is 6.62. The van der Waals surface area contributed by atoms with E-state index in [4.69, 9.17) is 4.52 Å². The van der Waals surface area contributed by atoms with Gasteiger partial charge in [-0.2, -0.15) is 10.1 Å². The largest absolute Gasteiger partial charge is 0.376 e. The fourth-order valence-corrected chi connectivity index (χ4v) is 4.61. The predicted octanol–water partition coefficient (Wildman–Crippen LogP) is 3.84. The molecule has 4 aromatic rings. The number of halogens is 2.